The second kappa shape index (κ2) is 4.23. The highest BCUT2D eigenvalue weighted by atomic mass is 32.2. The lowest BCUT2D eigenvalue weighted by molar-refractivity contribution is 0.599. The second-order valence-electron chi connectivity index (χ2n) is 3.77. The van der Waals surface area contributed by atoms with Crippen molar-refractivity contribution in [2.24, 2.45) is 5.73 Å². The van der Waals surface area contributed by atoms with E-state index < -0.39 is 15.8 Å². The van der Waals surface area contributed by atoms with Gasteiger partial charge in [-0.25, -0.2) is 12.8 Å². The molecule has 0 atom stereocenters. The molecule has 0 unspecified atom stereocenters. The third-order valence-corrected chi connectivity index (χ3v) is 4.67. The first-order chi connectivity index (χ1) is 7.92. The zero-order valence-electron chi connectivity index (χ0n) is 8.89. The van der Waals surface area contributed by atoms with Crippen LogP contribution in [0.2, 0.25) is 0 Å². The summed E-state index contributed by atoms with van der Waals surface area (Å²) < 4.78 is 37.9. The molecule has 7 heteroatoms. The molecule has 0 amide bonds. The molecule has 17 heavy (non-hydrogen) atoms. The first-order valence-corrected chi connectivity index (χ1v) is 7.03. The summed E-state index contributed by atoms with van der Waals surface area (Å²) >= 11 is 4.81. The molecule has 0 saturated carbocycles. The van der Waals surface area contributed by atoms with Gasteiger partial charge in [0.15, 0.2) is 0 Å². The summed E-state index contributed by atoms with van der Waals surface area (Å²) in [5, 5.41) is 0. The van der Waals surface area contributed by atoms with Gasteiger partial charge in [0.1, 0.15) is 10.8 Å². The second-order valence-corrected chi connectivity index (χ2v) is 6.22. The summed E-state index contributed by atoms with van der Waals surface area (Å²) in [4.78, 5) is -0.0124. The number of anilines is 1. The molecule has 1 fully saturated rings. The smallest absolute Gasteiger partial charge is 0.235 e. The van der Waals surface area contributed by atoms with Crippen LogP contribution in [0.5, 0.6) is 0 Å². The highest BCUT2D eigenvalue weighted by molar-refractivity contribution is 7.93. The van der Waals surface area contributed by atoms with Crippen LogP contribution in [0.3, 0.4) is 0 Å². The molecule has 0 aromatic heterocycles. The summed E-state index contributed by atoms with van der Waals surface area (Å²) in [6.07, 6.45) is 0.552. The average molecular weight is 274 g/mol. The maximum Gasteiger partial charge on any atom is 0.235 e. The Bertz CT molecular complexity index is 572. The number of nitrogens with two attached hydrogens (primary N) is 1. The van der Waals surface area contributed by atoms with Crippen molar-refractivity contribution in [2.75, 3.05) is 16.6 Å². The number of rotatable bonds is 2. The van der Waals surface area contributed by atoms with E-state index in [-0.39, 0.29) is 16.3 Å². The molecule has 0 spiro atoms. The minimum absolute atomic E-state index is 0.0124. The van der Waals surface area contributed by atoms with Crippen molar-refractivity contribution < 1.29 is 12.8 Å². The topological polar surface area (TPSA) is 63.4 Å². The zero-order chi connectivity index (χ0) is 12.6. The van der Waals surface area contributed by atoms with Gasteiger partial charge in [0.2, 0.25) is 10.0 Å². The van der Waals surface area contributed by atoms with Crippen molar-refractivity contribution in [3.8, 4) is 0 Å². The van der Waals surface area contributed by atoms with Crippen LogP contribution in [0.4, 0.5) is 10.1 Å². The summed E-state index contributed by atoms with van der Waals surface area (Å²) in [6, 6.07) is 3.75. The van der Waals surface area contributed by atoms with Gasteiger partial charge >= 0.3 is 0 Å². The van der Waals surface area contributed by atoms with Crippen LogP contribution in [0.25, 0.3) is 0 Å². The Hall–Kier alpha value is -1.21. The number of sulfonamides is 1. The lowest BCUT2D eigenvalue weighted by Crippen LogP contribution is -2.28. The number of halogens is 1. The van der Waals surface area contributed by atoms with Crippen LogP contribution >= 0.6 is 12.2 Å². The third-order valence-electron chi connectivity index (χ3n) is 2.59. The molecule has 0 radical (unpaired) electrons. The van der Waals surface area contributed by atoms with E-state index in [1.165, 1.54) is 16.4 Å². The van der Waals surface area contributed by atoms with E-state index in [1.54, 1.807) is 0 Å². The average Bonchev–Trinajstić information content (AvgIpc) is 2.58. The van der Waals surface area contributed by atoms with Gasteiger partial charge < -0.3 is 5.73 Å². The fourth-order valence-electron chi connectivity index (χ4n) is 1.83. The molecule has 1 aliphatic heterocycles. The lowest BCUT2D eigenvalue weighted by Gasteiger charge is -2.20. The van der Waals surface area contributed by atoms with Crippen LogP contribution in [-0.4, -0.2) is 25.7 Å². The highest BCUT2D eigenvalue weighted by Crippen LogP contribution is 2.28. The van der Waals surface area contributed by atoms with Crippen molar-refractivity contribution in [2.45, 2.75) is 6.42 Å². The fourth-order valence-corrected chi connectivity index (χ4v) is 3.58. The number of hydrogen-bond donors (Lipinski definition) is 1. The molecule has 1 aliphatic rings. The molecule has 0 bridgehead atoms. The molecule has 2 N–H and O–H groups in total. The fraction of sp³-hybridized carbons (Fsp3) is 0.300. The van der Waals surface area contributed by atoms with Gasteiger partial charge in [-0.15, -0.1) is 0 Å². The maximum absolute atomic E-state index is 13.1. The van der Waals surface area contributed by atoms with E-state index in [0.717, 1.165) is 6.07 Å². The normalized spacial score (nSPS) is 18.3. The van der Waals surface area contributed by atoms with E-state index in [2.05, 4.69) is 0 Å². The molecular formula is C10H11FN2O2S2. The Morgan fingerprint density at radius 1 is 1.47 bits per heavy atom. The molecule has 4 nitrogen and oxygen atoms in total. The van der Waals surface area contributed by atoms with Crippen molar-refractivity contribution in [1.82, 2.24) is 0 Å². The van der Waals surface area contributed by atoms with Gasteiger partial charge in [0, 0.05) is 12.1 Å². The highest BCUT2D eigenvalue weighted by Gasteiger charge is 2.30. The Morgan fingerprint density at radius 3 is 2.71 bits per heavy atom. The van der Waals surface area contributed by atoms with E-state index in [1.807, 2.05) is 0 Å². The predicted octanol–water partition coefficient (Wildman–Crippen LogP) is 1.000. The lowest BCUT2D eigenvalue weighted by atomic mass is 10.1. The van der Waals surface area contributed by atoms with Crippen LogP contribution in [-0.2, 0) is 10.0 Å². The van der Waals surface area contributed by atoms with E-state index in [9.17, 15) is 12.8 Å². The van der Waals surface area contributed by atoms with Gasteiger partial charge in [-0.3, -0.25) is 4.31 Å². The summed E-state index contributed by atoms with van der Waals surface area (Å²) in [6.45, 7) is 0.379. The van der Waals surface area contributed by atoms with Crippen LogP contribution in [0.1, 0.15) is 12.0 Å². The first-order valence-electron chi connectivity index (χ1n) is 5.01. The molecule has 0 aliphatic carbocycles. The van der Waals surface area contributed by atoms with Gasteiger partial charge in [-0.05, 0) is 24.6 Å². The SMILES string of the molecule is NC(=S)c1cc(F)ccc1N1CCCS1(=O)=O. The molecule has 1 saturated heterocycles. The van der Waals surface area contributed by atoms with Crippen molar-refractivity contribution in [3.05, 3.63) is 29.6 Å². The Balaban J connectivity index is 2.56. The number of nitrogens with zero attached hydrogens (tertiary/aromatic N) is 1. The molecule has 1 heterocycles. The van der Waals surface area contributed by atoms with Crippen molar-refractivity contribution in [1.29, 1.82) is 0 Å². The molecule has 1 aromatic rings. The minimum atomic E-state index is -3.31. The van der Waals surface area contributed by atoms with E-state index >= 15 is 0 Å². The van der Waals surface area contributed by atoms with Crippen LogP contribution in [0, 0.1) is 5.82 Å². The van der Waals surface area contributed by atoms with Gasteiger partial charge in [0.25, 0.3) is 0 Å². The molecule has 1 aromatic carbocycles. The predicted molar refractivity (Wildman–Crippen MR) is 68.0 cm³/mol. The van der Waals surface area contributed by atoms with E-state index in [0.29, 0.717) is 18.7 Å². The number of benzene rings is 1. The number of hydrogen-bond acceptors (Lipinski definition) is 3. The Labute approximate surface area is 104 Å². The standard InChI is InChI=1S/C10H11FN2O2S2/c11-7-2-3-9(8(6-7)10(12)16)13-4-1-5-17(13,14)15/h2-3,6H,1,4-5H2,(H2,12,16). The molecule has 2 rings (SSSR count). The largest absolute Gasteiger partial charge is 0.389 e. The minimum Gasteiger partial charge on any atom is -0.389 e. The Morgan fingerprint density at radius 2 is 2.18 bits per heavy atom. The number of thiocarbonyl (C=S) groups is 1. The maximum atomic E-state index is 13.1. The van der Waals surface area contributed by atoms with E-state index in [4.69, 9.17) is 18.0 Å². The monoisotopic (exact) mass is 274 g/mol. The molecular weight excluding hydrogens is 263 g/mol. The van der Waals surface area contributed by atoms with Gasteiger partial charge in [0.05, 0.1) is 11.4 Å². The van der Waals surface area contributed by atoms with Crippen molar-refractivity contribution in [3.63, 3.8) is 0 Å². The van der Waals surface area contributed by atoms with Crippen LogP contribution < -0.4 is 10.0 Å². The third kappa shape index (κ3) is 2.25. The summed E-state index contributed by atoms with van der Waals surface area (Å²) in [5.41, 5.74) is 6.10. The molecule has 92 valence electrons. The van der Waals surface area contributed by atoms with Gasteiger partial charge in [-0.1, -0.05) is 12.2 Å². The Kier molecular flexibility index (Phi) is 3.05. The first kappa shape index (κ1) is 12.3. The summed E-state index contributed by atoms with van der Waals surface area (Å²) in [5.74, 6) is -0.394. The quantitative estimate of drug-likeness (QED) is 0.817. The van der Waals surface area contributed by atoms with Crippen molar-refractivity contribution >= 4 is 32.9 Å². The van der Waals surface area contributed by atoms with Crippen LogP contribution in [0.15, 0.2) is 18.2 Å². The zero-order valence-corrected chi connectivity index (χ0v) is 10.5. The van der Waals surface area contributed by atoms with Gasteiger partial charge in [-0.2, -0.15) is 0 Å². The summed E-state index contributed by atoms with van der Waals surface area (Å²) in [7, 11) is -3.31.